The van der Waals surface area contributed by atoms with Crippen molar-refractivity contribution in [2.24, 2.45) is 10.4 Å². The lowest BCUT2D eigenvalue weighted by atomic mass is 10.1. The number of aromatic nitrogens is 1. The Morgan fingerprint density at radius 1 is 1.42 bits per heavy atom. The molecule has 0 amide bonds. The Morgan fingerprint density at radius 3 is 2.62 bits per heavy atom. The minimum atomic E-state index is -2.95. The Bertz CT molecular complexity index is 654. The number of rotatable bonds is 8. The molecule has 0 spiro atoms. The maximum Gasteiger partial charge on any atom is 0.191 e. The van der Waals surface area contributed by atoms with Gasteiger partial charge in [0, 0.05) is 48.8 Å². The van der Waals surface area contributed by atoms with E-state index in [1.54, 1.807) is 11.3 Å². The molecule has 1 saturated carbocycles. The summed E-state index contributed by atoms with van der Waals surface area (Å²) in [4.78, 5) is 10.1. The average Bonchev–Trinajstić information content (AvgIpc) is 3.06. The maximum atomic E-state index is 11.5. The van der Waals surface area contributed by atoms with Crippen molar-refractivity contribution < 1.29 is 8.42 Å². The summed E-state index contributed by atoms with van der Waals surface area (Å²) >= 11 is 1.71. The molecular weight excluding hydrogens is 459 g/mol. The van der Waals surface area contributed by atoms with Crippen molar-refractivity contribution in [1.82, 2.24) is 15.6 Å². The molecule has 0 bridgehead atoms. The predicted octanol–water partition coefficient (Wildman–Crippen LogP) is 1.99. The SMILES string of the molecule is CCNC(=NCC1(CS(C)(=O)=O)CC1)NCCc1ncc(C)s1.I. The van der Waals surface area contributed by atoms with Gasteiger partial charge in [-0.2, -0.15) is 0 Å². The Morgan fingerprint density at radius 2 is 2.12 bits per heavy atom. The second kappa shape index (κ2) is 9.33. The number of hydrogen-bond acceptors (Lipinski definition) is 5. The van der Waals surface area contributed by atoms with Crippen LogP contribution < -0.4 is 10.6 Å². The van der Waals surface area contributed by atoms with Crippen LogP contribution in [0.2, 0.25) is 0 Å². The van der Waals surface area contributed by atoms with E-state index < -0.39 is 9.84 Å². The molecule has 1 aromatic heterocycles. The number of thiazole rings is 1. The summed E-state index contributed by atoms with van der Waals surface area (Å²) in [6.07, 6.45) is 5.94. The van der Waals surface area contributed by atoms with Gasteiger partial charge in [0.05, 0.1) is 10.8 Å². The fraction of sp³-hybridized carbons (Fsp3) is 0.733. The highest BCUT2D eigenvalue weighted by atomic mass is 127. The van der Waals surface area contributed by atoms with E-state index in [1.807, 2.05) is 13.1 Å². The first-order chi connectivity index (χ1) is 10.8. The minimum Gasteiger partial charge on any atom is -0.357 e. The summed E-state index contributed by atoms with van der Waals surface area (Å²) in [5.74, 6) is 0.988. The molecule has 0 saturated heterocycles. The zero-order valence-electron chi connectivity index (χ0n) is 14.5. The van der Waals surface area contributed by atoms with Crippen LogP contribution in [0.5, 0.6) is 0 Å². The molecule has 0 aliphatic heterocycles. The average molecular weight is 486 g/mol. The molecule has 24 heavy (non-hydrogen) atoms. The van der Waals surface area contributed by atoms with Gasteiger partial charge < -0.3 is 10.6 Å². The van der Waals surface area contributed by atoms with Crippen molar-refractivity contribution >= 4 is 51.1 Å². The van der Waals surface area contributed by atoms with Gasteiger partial charge in [0.2, 0.25) is 0 Å². The molecule has 0 radical (unpaired) electrons. The van der Waals surface area contributed by atoms with E-state index in [1.165, 1.54) is 11.1 Å². The first-order valence-corrected chi connectivity index (χ1v) is 10.8. The topological polar surface area (TPSA) is 83.5 Å². The van der Waals surface area contributed by atoms with Gasteiger partial charge in [-0.05, 0) is 26.7 Å². The van der Waals surface area contributed by atoms with Crippen molar-refractivity contribution in [2.45, 2.75) is 33.1 Å². The smallest absolute Gasteiger partial charge is 0.191 e. The fourth-order valence-corrected chi connectivity index (χ4v) is 4.75. The van der Waals surface area contributed by atoms with Gasteiger partial charge in [-0.15, -0.1) is 35.3 Å². The standard InChI is InChI=1S/C15H26N4O2S2.HI/c1-4-16-14(17-8-5-13-18-9-12(2)22-13)19-10-15(6-7-15)11-23(3,20)21;/h9H,4-8,10-11H2,1-3H3,(H2,16,17,19);1H. The molecule has 1 aliphatic carbocycles. The fourth-order valence-electron chi connectivity index (χ4n) is 2.47. The predicted molar refractivity (Wildman–Crippen MR) is 111 cm³/mol. The van der Waals surface area contributed by atoms with Gasteiger partial charge in [-0.1, -0.05) is 0 Å². The van der Waals surface area contributed by atoms with Crippen LogP contribution in [0.1, 0.15) is 29.7 Å². The molecule has 2 rings (SSSR count). The van der Waals surface area contributed by atoms with Crippen LogP contribution >= 0.6 is 35.3 Å². The molecule has 9 heteroatoms. The third-order valence-corrected chi connectivity index (χ3v) is 5.85. The second-order valence-electron chi connectivity index (χ2n) is 6.31. The molecule has 1 aliphatic rings. The monoisotopic (exact) mass is 486 g/mol. The van der Waals surface area contributed by atoms with Crippen LogP contribution in [-0.2, 0) is 16.3 Å². The summed E-state index contributed by atoms with van der Waals surface area (Å²) in [7, 11) is -2.95. The van der Waals surface area contributed by atoms with E-state index >= 15 is 0 Å². The number of aliphatic imine (C=N–C) groups is 1. The molecule has 1 heterocycles. The van der Waals surface area contributed by atoms with Crippen molar-refractivity contribution in [3.8, 4) is 0 Å². The molecular formula is C15H27IN4O2S2. The molecule has 1 fully saturated rings. The van der Waals surface area contributed by atoms with Crippen LogP contribution in [0, 0.1) is 12.3 Å². The first-order valence-electron chi connectivity index (χ1n) is 7.93. The number of guanidine groups is 1. The molecule has 2 N–H and O–H groups in total. The van der Waals surface area contributed by atoms with Crippen molar-refractivity contribution in [3.05, 3.63) is 16.1 Å². The number of aryl methyl sites for hydroxylation is 1. The van der Waals surface area contributed by atoms with Crippen LogP contribution in [0.3, 0.4) is 0 Å². The first kappa shape index (κ1) is 21.6. The third-order valence-electron chi connectivity index (χ3n) is 3.74. The van der Waals surface area contributed by atoms with Crippen LogP contribution in [0.25, 0.3) is 0 Å². The molecule has 6 nitrogen and oxygen atoms in total. The van der Waals surface area contributed by atoms with E-state index in [0.29, 0.717) is 6.54 Å². The highest BCUT2D eigenvalue weighted by Gasteiger charge is 2.45. The maximum absolute atomic E-state index is 11.5. The summed E-state index contributed by atoms with van der Waals surface area (Å²) < 4.78 is 23.0. The zero-order valence-corrected chi connectivity index (χ0v) is 18.4. The highest BCUT2D eigenvalue weighted by molar-refractivity contribution is 14.0. The molecule has 1 aromatic rings. The lowest BCUT2D eigenvalue weighted by Gasteiger charge is -2.14. The summed E-state index contributed by atoms with van der Waals surface area (Å²) in [5.41, 5.74) is -0.137. The number of hydrogen-bond donors (Lipinski definition) is 2. The van der Waals surface area contributed by atoms with Crippen LogP contribution in [0.4, 0.5) is 0 Å². The highest BCUT2D eigenvalue weighted by Crippen LogP contribution is 2.46. The van der Waals surface area contributed by atoms with Gasteiger partial charge in [0.1, 0.15) is 9.84 Å². The molecule has 0 unspecified atom stereocenters. The van der Waals surface area contributed by atoms with E-state index in [9.17, 15) is 8.42 Å². The summed E-state index contributed by atoms with van der Waals surface area (Å²) in [5, 5.41) is 7.62. The van der Waals surface area contributed by atoms with E-state index in [0.717, 1.165) is 43.3 Å². The molecule has 138 valence electrons. The van der Waals surface area contributed by atoms with Gasteiger partial charge in [0.15, 0.2) is 5.96 Å². The summed E-state index contributed by atoms with van der Waals surface area (Å²) in [6.45, 7) is 6.17. The van der Waals surface area contributed by atoms with Crippen molar-refractivity contribution in [2.75, 3.05) is 31.6 Å². The Labute approximate surface area is 165 Å². The summed E-state index contributed by atoms with van der Waals surface area (Å²) in [6, 6.07) is 0. The van der Waals surface area contributed by atoms with Crippen LogP contribution in [0.15, 0.2) is 11.2 Å². The Balaban J connectivity index is 0.00000288. The number of sulfone groups is 1. The zero-order chi connectivity index (χ0) is 16.9. The van der Waals surface area contributed by atoms with Gasteiger partial charge in [0.25, 0.3) is 0 Å². The normalized spacial score (nSPS) is 16.4. The van der Waals surface area contributed by atoms with Crippen molar-refractivity contribution in [3.63, 3.8) is 0 Å². The lowest BCUT2D eigenvalue weighted by Crippen LogP contribution is -2.39. The largest absolute Gasteiger partial charge is 0.357 e. The number of halogens is 1. The van der Waals surface area contributed by atoms with E-state index in [-0.39, 0.29) is 35.1 Å². The number of nitrogens with one attached hydrogen (secondary N) is 2. The minimum absolute atomic E-state index is 0. The van der Waals surface area contributed by atoms with Crippen LogP contribution in [-0.4, -0.2) is 51.0 Å². The van der Waals surface area contributed by atoms with Gasteiger partial charge in [-0.25, -0.2) is 13.4 Å². The molecule has 0 atom stereocenters. The Kier molecular flexibility index (Phi) is 8.40. The van der Waals surface area contributed by atoms with E-state index in [4.69, 9.17) is 0 Å². The number of nitrogens with zero attached hydrogens (tertiary/aromatic N) is 2. The van der Waals surface area contributed by atoms with E-state index in [2.05, 4.69) is 27.5 Å². The Hall–Kier alpha value is -0.420. The van der Waals surface area contributed by atoms with Gasteiger partial charge >= 0.3 is 0 Å². The lowest BCUT2D eigenvalue weighted by molar-refractivity contribution is 0.550. The van der Waals surface area contributed by atoms with Gasteiger partial charge in [-0.3, -0.25) is 4.99 Å². The molecule has 0 aromatic carbocycles. The van der Waals surface area contributed by atoms with Crippen molar-refractivity contribution in [1.29, 1.82) is 0 Å². The second-order valence-corrected chi connectivity index (χ2v) is 9.77. The quantitative estimate of drug-likeness (QED) is 0.334. The third kappa shape index (κ3) is 7.64.